The van der Waals surface area contributed by atoms with Crippen molar-refractivity contribution < 1.29 is 4.74 Å². The molecule has 0 amide bonds. The first-order valence-electron chi connectivity index (χ1n) is 4.50. The Morgan fingerprint density at radius 1 is 1.23 bits per heavy atom. The first-order chi connectivity index (χ1) is 6.43. The fourth-order valence-electron chi connectivity index (χ4n) is 0.904. The number of hydrogen-bond acceptors (Lipinski definition) is 1. The number of hydrogen-bond donors (Lipinski definition) is 0. The van der Waals surface area contributed by atoms with Crippen molar-refractivity contribution in [1.29, 1.82) is 0 Å². The van der Waals surface area contributed by atoms with Crippen LogP contribution in [0.1, 0.15) is 13.3 Å². The summed E-state index contributed by atoms with van der Waals surface area (Å²) in [7, 11) is 0. The Morgan fingerprint density at radius 2 is 2.00 bits per heavy atom. The van der Waals surface area contributed by atoms with Gasteiger partial charge >= 0.3 is 0 Å². The van der Waals surface area contributed by atoms with E-state index in [4.69, 9.17) is 4.74 Å². The molecule has 0 heterocycles. The van der Waals surface area contributed by atoms with Crippen molar-refractivity contribution in [3.63, 3.8) is 0 Å². The predicted molar refractivity (Wildman–Crippen MR) is 54.9 cm³/mol. The van der Waals surface area contributed by atoms with Crippen LogP contribution >= 0.6 is 0 Å². The molecular formula is C12H14O. The van der Waals surface area contributed by atoms with Gasteiger partial charge in [0, 0.05) is 0 Å². The normalized spacial score (nSPS) is 8.69. The van der Waals surface area contributed by atoms with Gasteiger partial charge in [-0.15, -0.1) is 5.73 Å². The van der Waals surface area contributed by atoms with Gasteiger partial charge in [0.05, 0.1) is 0 Å². The lowest BCUT2D eigenvalue weighted by Crippen LogP contribution is -1.91. The topological polar surface area (TPSA) is 9.23 Å². The van der Waals surface area contributed by atoms with Crippen molar-refractivity contribution in [2.24, 2.45) is 0 Å². The van der Waals surface area contributed by atoms with Crippen LogP contribution in [0.5, 0.6) is 5.75 Å². The molecule has 1 heteroatoms. The minimum Gasteiger partial charge on any atom is -0.489 e. The Bertz CT molecular complexity index is 281. The zero-order valence-electron chi connectivity index (χ0n) is 7.86. The van der Waals surface area contributed by atoms with E-state index in [0.717, 1.165) is 12.2 Å². The van der Waals surface area contributed by atoms with Gasteiger partial charge in [0.2, 0.25) is 0 Å². The summed E-state index contributed by atoms with van der Waals surface area (Å²) in [4.78, 5) is 0. The van der Waals surface area contributed by atoms with Crippen molar-refractivity contribution in [3.8, 4) is 5.75 Å². The monoisotopic (exact) mass is 174 g/mol. The lowest BCUT2D eigenvalue weighted by Gasteiger charge is -1.99. The Balaban J connectivity index is 2.32. The second kappa shape index (κ2) is 6.10. The average molecular weight is 174 g/mol. The molecule has 0 radical (unpaired) electrons. The molecule has 0 unspecified atom stereocenters. The summed E-state index contributed by atoms with van der Waals surface area (Å²) in [5, 5.41) is 0. The largest absolute Gasteiger partial charge is 0.489 e. The number of para-hydroxylation sites is 1. The molecule has 0 bridgehead atoms. The standard InChI is InChI=1S/C12H14O/c1-2-3-4-8-11-13-12-9-6-5-7-10-12/h3,5-10H,2,11H2,1H3. The van der Waals surface area contributed by atoms with E-state index in [0.29, 0.717) is 6.61 Å². The van der Waals surface area contributed by atoms with E-state index < -0.39 is 0 Å². The molecule has 0 saturated carbocycles. The highest BCUT2D eigenvalue weighted by atomic mass is 16.5. The van der Waals surface area contributed by atoms with Crippen LogP contribution in [0, 0.1) is 0 Å². The van der Waals surface area contributed by atoms with Crippen molar-refractivity contribution >= 4 is 0 Å². The molecule has 0 spiro atoms. The summed E-state index contributed by atoms with van der Waals surface area (Å²) in [6, 6.07) is 9.77. The smallest absolute Gasteiger partial charge is 0.119 e. The maximum atomic E-state index is 5.41. The first kappa shape index (κ1) is 9.63. The summed E-state index contributed by atoms with van der Waals surface area (Å²) < 4.78 is 5.41. The molecule has 0 atom stereocenters. The van der Waals surface area contributed by atoms with Crippen molar-refractivity contribution in [1.82, 2.24) is 0 Å². The number of benzene rings is 1. The van der Waals surface area contributed by atoms with Gasteiger partial charge in [-0.2, -0.15) is 0 Å². The van der Waals surface area contributed by atoms with E-state index >= 15 is 0 Å². The fraction of sp³-hybridized carbons (Fsp3) is 0.250. The minimum absolute atomic E-state index is 0.584. The Hall–Kier alpha value is -1.46. The van der Waals surface area contributed by atoms with Crippen LogP contribution in [0.25, 0.3) is 0 Å². The van der Waals surface area contributed by atoms with Gasteiger partial charge in [0.25, 0.3) is 0 Å². The molecule has 0 aliphatic carbocycles. The van der Waals surface area contributed by atoms with E-state index in [1.54, 1.807) is 0 Å². The second-order valence-electron chi connectivity index (χ2n) is 2.61. The van der Waals surface area contributed by atoms with Gasteiger partial charge in [-0.05, 0) is 30.7 Å². The molecule has 13 heavy (non-hydrogen) atoms. The summed E-state index contributed by atoms with van der Waals surface area (Å²) >= 11 is 0. The Labute approximate surface area is 79.4 Å². The zero-order valence-corrected chi connectivity index (χ0v) is 7.86. The first-order valence-corrected chi connectivity index (χ1v) is 4.50. The van der Waals surface area contributed by atoms with E-state index in [-0.39, 0.29) is 0 Å². The molecule has 68 valence electrons. The van der Waals surface area contributed by atoms with Gasteiger partial charge in [0.1, 0.15) is 12.4 Å². The molecule has 0 saturated heterocycles. The molecule has 1 aromatic rings. The highest BCUT2D eigenvalue weighted by Gasteiger charge is 1.85. The quantitative estimate of drug-likeness (QED) is 0.637. The van der Waals surface area contributed by atoms with Crippen LogP contribution in [0.4, 0.5) is 0 Å². The van der Waals surface area contributed by atoms with Gasteiger partial charge in [-0.25, -0.2) is 0 Å². The van der Waals surface area contributed by atoms with E-state index in [2.05, 4.69) is 12.7 Å². The predicted octanol–water partition coefficient (Wildman–Crippen LogP) is 3.19. The fourth-order valence-corrected chi connectivity index (χ4v) is 0.904. The third-order valence-corrected chi connectivity index (χ3v) is 1.52. The molecule has 1 nitrogen and oxygen atoms in total. The molecule has 0 aromatic heterocycles. The van der Waals surface area contributed by atoms with Gasteiger partial charge < -0.3 is 4.74 Å². The summed E-state index contributed by atoms with van der Waals surface area (Å²) in [6.45, 7) is 2.67. The Kier molecular flexibility index (Phi) is 4.52. The average Bonchev–Trinajstić information content (AvgIpc) is 2.19. The van der Waals surface area contributed by atoms with Crippen LogP contribution in [-0.4, -0.2) is 6.61 Å². The summed E-state index contributed by atoms with van der Waals surface area (Å²) in [6.07, 6.45) is 4.88. The third kappa shape index (κ3) is 4.19. The van der Waals surface area contributed by atoms with Crippen LogP contribution in [0.3, 0.4) is 0 Å². The second-order valence-corrected chi connectivity index (χ2v) is 2.61. The van der Waals surface area contributed by atoms with Crippen LogP contribution < -0.4 is 4.74 Å². The van der Waals surface area contributed by atoms with E-state index in [9.17, 15) is 0 Å². The zero-order chi connectivity index (χ0) is 9.36. The Morgan fingerprint density at radius 3 is 2.69 bits per heavy atom. The number of rotatable bonds is 4. The van der Waals surface area contributed by atoms with Crippen LogP contribution in [0.15, 0.2) is 48.2 Å². The molecule has 1 rings (SSSR count). The molecule has 0 aliphatic rings. The van der Waals surface area contributed by atoms with Gasteiger partial charge in [-0.3, -0.25) is 0 Å². The molecule has 0 fully saturated rings. The molecule has 0 N–H and O–H groups in total. The van der Waals surface area contributed by atoms with Crippen molar-refractivity contribution in [3.05, 3.63) is 48.2 Å². The maximum absolute atomic E-state index is 5.41. The van der Waals surface area contributed by atoms with Crippen molar-refractivity contribution in [2.45, 2.75) is 13.3 Å². The molecule has 0 aliphatic heterocycles. The lowest BCUT2D eigenvalue weighted by molar-refractivity contribution is 0.363. The summed E-state index contributed by atoms with van der Waals surface area (Å²) in [5.74, 6) is 0.900. The van der Waals surface area contributed by atoms with Crippen LogP contribution in [-0.2, 0) is 0 Å². The molecule has 1 aromatic carbocycles. The number of ether oxygens (including phenoxy) is 1. The van der Waals surface area contributed by atoms with Crippen molar-refractivity contribution in [2.75, 3.05) is 6.61 Å². The maximum Gasteiger partial charge on any atom is 0.119 e. The van der Waals surface area contributed by atoms with Gasteiger partial charge in [-0.1, -0.05) is 25.1 Å². The molecular weight excluding hydrogens is 160 g/mol. The van der Waals surface area contributed by atoms with Crippen LogP contribution in [0.2, 0.25) is 0 Å². The van der Waals surface area contributed by atoms with E-state index in [1.807, 2.05) is 42.5 Å². The van der Waals surface area contributed by atoms with Gasteiger partial charge in [0.15, 0.2) is 0 Å². The SMILES string of the molecule is CCC=C=CCOc1ccccc1. The lowest BCUT2D eigenvalue weighted by atomic mass is 10.3. The third-order valence-electron chi connectivity index (χ3n) is 1.52. The minimum atomic E-state index is 0.584. The highest BCUT2D eigenvalue weighted by Crippen LogP contribution is 2.07. The van der Waals surface area contributed by atoms with E-state index in [1.165, 1.54) is 0 Å². The summed E-state index contributed by atoms with van der Waals surface area (Å²) in [5.41, 5.74) is 3.03. The highest BCUT2D eigenvalue weighted by molar-refractivity contribution is 5.21.